The number of fused-ring (bicyclic) bond motifs is 1. The number of benzene rings is 1. The number of nitrogens with zero attached hydrogens (tertiary/aromatic N) is 4. The average molecular weight is 397 g/mol. The standard InChI is InChI=1S/C21H24FN5O2/c1-26-11-8-15(13-26)20-18-3-2-9-24-21(18)27(25-20)12-10-23-19(28)14-29-17-6-4-16(22)5-7-17/h2-7,9,15H,8,10-14H2,1H3,(H,23,28)/t15-/m0/s1. The maximum Gasteiger partial charge on any atom is 0.258 e. The molecule has 8 heteroatoms. The van der Waals surface area contributed by atoms with Gasteiger partial charge in [0.2, 0.25) is 0 Å². The molecule has 152 valence electrons. The molecule has 7 nitrogen and oxygen atoms in total. The highest BCUT2D eigenvalue weighted by Crippen LogP contribution is 2.30. The summed E-state index contributed by atoms with van der Waals surface area (Å²) in [6, 6.07) is 9.57. The molecule has 0 aliphatic carbocycles. The highest BCUT2D eigenvalue weighted by molar-refractivity contribution is 5.79. The number of likely N-dealkylation sites (N-methyl/N-ethyl adjacent to an activating group) is 1. The van der Waals surface area contributed by atoms with Gasteiger partial charge in [-0.25, -0.2) is 14.1 Å². The van der Waals surface area contributed by atoms with E-state index in [1.807, 2.05) is 10.7 Å². The van der Waals surface area contributed by atoms with E-state index in [1.165, 1.54) is 24.3 Å². The second-order valence-electron chi connectivity index (χ2n) is 7.32. The van der Waals surface area contributed by atoms with E-state index in [9.17, 15) is 9.18 Å². The van der Waals surface area contributed by atoms with Crippen LogP contribution in [0, 0.1) is 5.82 Å². The first kappa shape index (κ1) is 19.3. The molecule has 1 saturated heterocycles. The largest absolute Gasteiger partial charge is 0.484 e. The molecule has 0 saturated carbocycles. The number of nitrogens with one attached hydrogen (secondary N) is 1. The fourth-order valence-corrected chi connectivity index (χ4v) is 3.68. The van der Waals surface area contributed by atoms with E-state index >= 15 is 0 Å². The summed E-state index contributed by atoms with van der Waals surface area (Å²) in [6.07, 6.45) is 2.86. The molecule has 3 aromatic rings. The Labute approximate surface area is 168 Å². The van der Waals surface area contributed by atoms with Crippen molar-refractivity contribution in [2.24, 2.45) is 0 Å². The van der Waals surface area contributed by atoms with Crippen LogP contribution in [0.5, 0.6) is 5.75 Å². The molecule has 0 radical (unpaired) electrons. The van der Waals surface area contributed by atoms with Crippen molar-refractivity contribution >= 4 is 16.9 Å². The number of hydrogen-bond donors (Lipinski definition) is 1. The first-order valence-electron chi connectivity index (χ1n) is 9.75. The van der Waals surface area contributed by atoms with Crippen LogP contribution in [-0.4, -0.2) is 58.9 Å². The Morgan fingerprint density at radius 1 is 1.31 bits per heavy atom. The van der Waals surface area contributed by atoms with Crippen LogP contribution in [0.4, 0.5) is 4.39 Å². The number of aromatic nitrogens is 3. The number of hydrogen-bond acceptors (Lipinski definition) is 5. The lowest BCUT2D eigenvalue weighted by molar-refractivity contribution is -0.123. The van der Waals surface area contributed by atoms with Crippen LogP contribution in [0.2, 0.25) is 0 Å². The van der Waals surface area contributed by atoms with Crippen molar-refractivity contribution in [1.29, 1.82) is 0 Å². The van der Waals surface area contributed by atoms with Crippen molar-refractivity contribution in [1.82, 2.24) is 25.0 Å². The van der Waals surface area contributed by atoms with Gasteiger partial charge in [-0.1, -0.05) is 0 Å². The van der Waals surface area contributed by atoms with E-state index in [4.69, 9.17) is 9.84 Å². The van der Waals surface area contributed by atoms with E-state index in [0.29, 0.717) is 24.8 Å². The zero-order chi connectivity index (χ0) is 20.2. The van der Waals surface area contributed by atoms with E-state index in [1.54, 1.807) is 6.20 Å². The van der Waals surface area contributed by atoms with Gasteiger partial charge in [0.05, 0.1) is 12.2 Å². The molecule has 3 heterocycles. The Balaban J connectivity index is 1.34. The van der Waals surface area contributed by atoms with E-state index in [2.05, 4.69) is 28.3 Å². The Morgan fingerprint density at radius 3 is 2.90 bits per heavy atom. The number of halogens is 1. The molecule has 1 amide bonds. The summed E-state index contributed by atoms with van der Waals surface area (Å²) in [5, 5.41) is 8.72. The van der Waals surface area contributed by atoms with Crippen LogP contribution in [0.1, 0.15) is 18.0 Å². The van der Waals surface area contributed by atoms with Crippen LogP contribution < -0.4 is 10.1 Å². The van der Waals surface area contributed by atoms with Crippen LogP contribution >= 0.6 is 0 Å². The number of rotatable bonds is 7. The molecule has 1 atom stereocenters. The number of carbonyl (C=O) groups is 1. The molecule has 1 aromatic carbocycles. The summed E-state index contributed by atoms with van der Waals surface area (Å²) in [7, 11) is 2.13. The number of amides is 1. The summed E-state index contributed by atoms with van der Waals surface area (Å²) in [4.78, 5) is 18.8. The van der Waals surface area contributed by atoms with E-state index in [0.717, 1.165) is 36.2 Å². The maximum absolute atomic E-state index is 12.9. The number of ether oxygens (including phenoxy) is 1. The maximum atomic E-state index is 12.9. The van der Waals surface area contributed by atoms with Gasteiger partial charge in [-0.3, -0.25) is 4.79 Å². The van der Waals surface area contributed by atoms with Gasteiger partial charge in [-0.05, 0) is 56.4 Å². The van der Waals surface area contributed by atoms with Gasteiger partial charge in [0.15, 0.2) is 12.3 Å². The summed E-state index contributed by atoms with van der Waals surface area (Å²) >= 11 is 0. The average Bonchev–Trinajstić information content (AvgIpc) is 3.31. The highest BCUT2D eigenvalue weighted by Gasteiger charge is 2.26. The minimum atomic E-state index is -0.342. The van der Waals surface area contributed by atoms with E-state index in [-0.39, 0.29) is 18.3 Å². The van der Waals surface area contributed by atoms with Crippen molar-refractivity contribution in [3.8, 4) is 5.75 Å². The molecule has 2 aromatic heterocycles. The van der Waals surface area contributed by atoms with Gasteiger partial charge in [0, 0.05) is 30.6 Å². The summed E-state index contributed by atoms with van der Waals surface area (Å²) < 4.78 is 20.1. The number of carbonyl (C=O) groups excluding carboxylic acids is 1. The fourth-order valence-electron chi connectivity index (χ4n) is 3.68. The Hall–Kier alpha value is -3.00. The number of pyridine rings is 1. The lowest BCUT2D eigenvalue weighted by atomic mass is 10.0. The van der Waals surface area contributed by atoms with Gasteiger partial charge < -0.3 is 15.0 Å². The molecule has 1 aliphatic rings. The smallest absolute Gasteiger partial charge is 0.258 e. The minimum Gasteiger partial charge on any atom is -0.484 e. The van der Waals surface area contributed by atoms with Gasteiger partial charge in [0.25, 0.3) is 5.91 Å². The second kappa shape index (κ2) is 8.57. The van der Waals surface area contributed by atoms with Gasteiger partial charge in [0.1, 0.15) is 11.6 Å². The SMILES string of the molecule is CN1CC[C@H](c2nn(CCNC(=O)COc3ccc(F)cc3)c3ncccc23)C1. The van der Waals surface area contributed by atoms with E-state index < -0.39 is 0 Å². The second-order valence-corrected chi connectivity index (χ2v) is 7.32. The number of likely N-dealkylation sites (tertiary alicyclic amines) is 1. The third-order valence-corrected chi connectivity index (χ3v) is 5.14. The quantitative estimate of drug-likeness (QED) is 0.662. The highest BCUT2D eigenvalue weighted by atomic mass is 19.1. The third-order valence-electron chi connectivity index (χ3n) is 5.14. The van der Waals surface area contributed by atoms with Crippen molar-refractivity contribution in [2.75, 3.05) is 33.3 Å². The molecule has 1 fully saturated rings. The molecule has 1 N–H and O–H groups in total. The van der Waals surface area contributed by atoms with Crippen molar-refractivity contribution < 1.29 is 13.9 Å². The Kier molecular flexibility index (Phi) is 5.71. The van der Waals surface area contributed by atoms with Gasteiger partial charge in [-0.15, -0.1) is 0 Å². The van der Waals surface area contributed by atoms with Crippen molar-refractivity contribution in [3.63, 3.8) is 0 Å². The van der Waals surface area contributed by atoms with Crippen LogP contribution in [0.15, 0.2) is 42.6 Å². The Morgan fingerprint density at radius 2 is 2.14 bits per heavy atom. The molecule has 29 heavy (non-hydrogen) atoms. The molecule has 0 spiro atoms. The summed E-state index contributed by atoms with van der Waals surface area (Å²) in [6.45, 7) is 2.90. The predicted octanol–water partition coefficient (Wildman–Crippen LogP) is 2.18. The van der Waals surface area contributed by atoms with Crippen molar-refractivity contribution in [3.05, 3.63) is 54.1 Å². The van der Waals surface area contributed by atoms with Crippen LogP contribution in [0.25, 0.3) is 11.0 Å². The topological polar surface area (TPSA) is 72.3 Å². The Bertz CT molecular complexity index is 988. The van der Waals surface area contributed by atoms with Crippen LogP contribution in [-0.2, 0) is 11.3 Å². The monoisotopic (exact) mass is 397 g/mol. The zero-order valence-electron chi connectivity index (χ0n) is 16.3. The van der Waals surface area contributed by atoms with Crippen molar-refractivity contribution in [2.45, 2.75) is 18.9 Å². The predicted molar refractivity (Wildman–Crippen MR) is 107 cm³/mol. The van der Waals surface area contributed by atoms with Gasteiger partial charge >= 0.3 is 0 Å². The lowest BCUT2D eigenvalue weighted by Gasteiger charge is -2.08. The molecular weight excluding hydrogens is 373 g/mol. The zero-order valence-corrected chi connectivity index (χ0v) is 16.3. The van der Waals surface area contributed by atoms with Gasteiger partial charge in [-0.2, -0.15) is 5.10 Å². The first-order valence-corrected chi connectivity index (χ1v) is 9.75. The molecule has 4 rings (SSSR count). The first-order chi connectivity index (χ1) is 14.1. The lowest BCUT2D eigenvalue weighted by Crippen LogP contribution is -2.31. The molecule has 0 unspecified atom stereocenters. The molecule has 1 aliphatic heterocycles. The third kappa shape index (κ3) is 4.54. The summed E-state index contributed by atoms with van der Waals surface area (Å²) in [5.74, 6) is 0.281. The summed E-state index contributed by atoms with van der Waals surface area (Å²) in [5.41, 5.74) is 1.93. The normalized spacial score (nSPS) is 17.0. The fraction of sp³-hybridized carbons (Fsp3) is 0.381. The molecule has 0 bridgehead atoms. The van der Waals surface area contributed by atoms with Crippen LogP contribution in [0.3, 0.4) is 0 Å². The molecular formula is C21H24FN5O2. The minimum absolute atomic E-state index is 0.122.